The monoisotopic (exact) mass is 389 g/mol. The third-order valence-electron chi connectivity index (χ3n) is 4.42. The maximum absolute atomic E-state index is 12.7. The van der Waals surface area contributed by atoms with Crippen LogP contribution in [0.2, 0.25) is 5.02 Å². The molecular weight excluding hydrogens is 374 g/mol. The zero-order chi connectivity index (χ0) is 17.4. The Bertz CT molecular complexity index is 913. The SMILES string of the molecule is Cc1csc(C2(NC(=O)c3csc(-c4ccc(Cl)cc4)n3)CCC2)n1. The van der Waals surface area contributed by atoms with Crippen LogP contribution < -0.4 is 5.32 Å². The molecule has 2 heterocycles. The Balaban J connectivity index is 1.54. The lowest BCUT2D eigenvalue weighted by Crippen LogP contribution is -2.50. The van der Waals surface area contributed by atoms with Crippen LogP contribution in [-0.2, 0) is 5.54 Å². The van der Waals surface area contributed by atoms with Crippen molar-refractivity contribution in [3.8, 4) is 10.6 Å². The summed E-state index contributed by atoms with van der Waals surface area (Å²) >= 11 is 9.00. The molecule has 1 N–H and O–H groups in total. The first-order valence-corrected chi connectivity index (χ1v) is 10.2. The molecule has 0 aliphatic heterocycles. The van der Waals surface area contributed by atoms with Gasteiger partial charge in [-0.25, -0.2) is 9.97 Å². The molecular formula is C18H16ClN3OS2. The minimum Gasteiger partial charge on any atom is -0.339 e. The molecule has 1 aromatic carbocycles. The first kappa shape index (κ1) is 16.7. The summed E-state index contributed by atoms with van der Waals surface area (Å²) in [4.78, 5) is 21.8. The Kier molecular flexibility index (Phi) is 4.35. The van der Waals surface area contributed by atoms with E-state index in [1.165, 1.54) is 11.3 Å². The van der Waals surface area contributed by atoms with Gasteiger partial charge in [0.1, 0.15) is 15.7 Å². The average Bonchev–Trinajstić information content (AvgIpc) is 3.21. The number of nitrogens with one attached hydrogen (secondary N) is 1. The summed E-state index contributed by atoms with van der Waals surface area (Å²) in [5.41, 5.74) is 2.09. The van der Waals surface area contributed by atoms with Crippen molar-refractivity contribution in [1.29, 1.82) is 0 Å². The number of hydrogen-bond acceptors (Lipinski definition) is 5. The molecule has 0 radical (unpaired) electrons. The number of thiazole rings is 2. The van der Waals surface area contributed by atoms with Crippen molar-refractivity contribution in [1.82, 2.24) is 15.3 Å². The minimum absolute atomic E-state index is 0.135. The predicted octanol–water partition coefficient (Wildman–Crippen LogP) is 5.04. The molecule has 1 fully saturated rings. The van der Waals surface area contributed by atoms with Crippen LogP contribution in [0.4, 0.5) is 0 Å². The summed E-state index contributed by atoms with van der Waals surface area (Å²) in [5, 5.41) is 9.51. The number of rotatable bonds is 4. The zero-order valence-electron chi connectivity index (χ0n) is 13.6. The van der Waals surface area contributed by atoms with Crippen LogP contribution in [0.15, 0.2) is 35.0 Å². The third-order valence-corrected chi connectivity index (χ3v) is 6.72. The first-order valence-electron chi connectivity index (χ1n) is 8.02. The average molecular weight is 390 g/mol. The number of amides is 1. The lowest BCUT2D eigenvalue weighted by atomic mass is 9.77. The molecule has 2 aromatic heterocycles. The summed E-state index contributed by atoms with van der Waals surface area (Å²) in [5.74, 6) is -0.135. The van der Waals surface area contributed by atoms with Gasteiger partial charge in [-0.05, 0) is 38.3 Å². The maximum Gasteiger partial charge on any atom is 0.271 e. The van der Waals surface area contributed by atoms with Crippen LogP contribution in [0.3, 0.4) is 0 Å². The molecule has 3 aromatic rings. The van der Waals surface area contributed by atoms with Gasteiger partial charge >= 0.3 is 0 Å². The molecule has 7 heteroatoms. The van der Waals surface area contributed by atoms with Crippen molar-refractivity contribution >= 4 is 40.2 Å². The molecule has 0 unspecified atom stereocenters. The van der Waals surface area contributed by atoms with Crippen LogP contribution in [0, 0.1) is 6.92 Å². The quantitative estimate of drug-likeness (QED) is 0.680. The van der Waals surface area contributed by atoms with Crippen molar-refractivity contribution in [2.24, 2.45) is 0 Å². The van der Waals surface area contributed by atoms with Crippen molar-refractivity contribution in [2.45, 2.75) is 31.7 Å². The summed E-state index contributed by atoms with van der Waals surface area (Å²) in [6.07, 6.45) is 2.96. The van der Waals surface area contributed by atoms with Crippen molar-refractivity contribution in [2.75, 3.05) is 0 Å². The fourth-order valence-electron chi connectivity index (χ4n) is 2.88. The Morgan fingerprint density at radius 1 is 1.16 bits per heavy atom. The predicted molar refractivity (Wildman–Crippen MR) is 102 cm³/mol. The summed E-state index contributed by atoms with van der Waals surface area (Å²) in [7, 11) is 0. The van der Waals surface area contributed by atoms with Gasteiger partial charge in [0.25, 0.3) is 5.91 Å². The second kappa shape index (κ2) is 6.52. The molecule has 1 saturated carbocycles. The minimum atomic E-state index is -0.319. The Labute approximate surface area is 158 Å². The lowest BCUT2D eigenvalue weighted by Gasteiger charge is -2.40. The Morgan fingerprint density at radius 2 is 1.92 bits per heavy atom. The number of carbonyl (C=O) groups excluding carboxylic acids is 1. The highest BCUT2D eigenvalue weighted by Crippen LogP contribution is 2.42. The largest absolute Gasteiger partial charge is 0.339 e. The fourth-order valence-corrected chi connectivity index (χ4v) is 4.83. The zero-order valence-corrected chi connectivity index (χ0v) is 16.0. The van der Waals surface area contributed by atoms with Crippen LogP contribution >= 0.6 is 34.3 Å². The number of aryl methyl sites for hydroxylation is 1. The highest BCUT2D eigenvalue weighted by Gasteiger charge is 2.43. The molecule has 4 rings (SSSR count). The standard InChI is InChI=1S/C18H16ClN3OS2/c1-11-9-25-17(20-11)18(7-2-8-18)22-15(23)14-10-24-16(21-14)12-3-5-13(19)6-4-12/h3-6,9-10H,2,7-8H2,1H3,(H,22,23). The molecule has 1 aliphatic carbocycles. The van der Waals surface area contributed by atoms with E-state index in [9.17, 15) is 4.79 Å². The normalized spacial score (nSPS) is 15.6. The van der Waals surface area contributed by atoms with Crippen molar-refractivity contribution < 1.29 is 4.79 Å². The second-order valence-corrected chi connectivity index (χ2v) is 8.38. The van der Waals surface area contributed by atoms with Crippen LogP contribution in [0.25, 0.3) is 10.6 Å². The molecule has 0 spiro atoms. The number of aromatic nitrogens is 2. The molecule has 25 heavy (non-hydrogen) atoms. The summed E-state index contributed by atoms with van der Waals surface area (Å²) in [6, 6.07) is 7.47. The van der Waals surface area contributed by atoms with Gasteiger partial charge in [0.05, 0.1) is 5.54 Å². The van der Waals surface area contributed by atoms with Gasteiger partial charge < -0.3 is 5.32 Å². The van der Waals surface area contributed by atoms with Gasteiger partial charge in [0.15, 0.2) is 0 Å². The number of hydrogen-bond donors (Lipinski definition) is 1. The van der Waals surface area contributed by atoms with Crippen LogP contribution in [0.5, 0.6) is 0 Å². The van der Waals surface area contributed by atoms with Gasteiger partial charge in [-0.1, -0.05) is 23.7 Å². The van der Waals surface area contributed by atoms with Gasteiger partial charge in [-0.2, -0.15) is 0 Å². The number of carbonyl (C=O) groups is 1. The lowest BCUT2D eigenvalue weighted by molar-refractivity contribution is 0.0818. The second-order valence-electron chi connectivity index (χ2n) is 6.23. The Morgan fingerprint density at radius 3 is 2.52 bits per heavy atom. The molecule has 4 nitrogen and oxygen atoms in total. The van der Waals surface area contributed by atoms with E-state index >= 15 is 0 Å². The van der Waals surface area contributed by atoms with E-state index in [2.05, 4.69) is 15.3 Å². The molecule has 1 aliphatic rings. The highest BCUT2D eigenvalue weighted by atomic mass is 35.5. The van der Waals surface area contributed by atoms with Crippen LogP contribution in [-0.4, -0.2) is 15.9 Å². The topological polar surface area (TPSA) is 54.9 Å². The third kappa shape index (κ3) is 3.21. The highest BCUT2D eigenvalue weighted by molar-refractivity contribution is 7.13. The van der Waals surface area contributed by atoms with Crippen molar-refractivity contribution in [3.63, 3.8) is 0 Å². The molecule has 0 saturated heterocycles. The number of benzene rings is 1. The van der Waals surface area contributed by atoms with E-state index in [0.29, 0.717) is 10.7 Å². The van der Waals surface area contributed by atoms with E-state index in [1.54, 1.807) is 16.7 Å². The van der Waals surface area contributed by atoms with E-state index in [4.69, 9.17) is 11.6 Å². The van der Waals surface area contributed by atoms with Gasteiger partial charge in [0, 0.05) is 27.0 Å². The smallest absolute Gasteiger partial charge is 0.271 e. The van der Waals surface area contributed by atoms with Crippen molar-refractivity contribution in [3.05, 3.63) is 56.4 Å². The van der Waals surface area contributed by atoms with Gasteiger partial charge in [-0.3, -0.25) is 4.79 Å². The number of nitrogens with zero attached hydrogens (tertiary/aromatic N) is 2. The summed E-state index contributed by atoms with van der Waals surface area (Å²) in [6.45, 7) is 1.98. The van der Waals surface area contributed by atoms with Gasteiger partial charge in [0.2, 0.25) is 0 Å². The molecule has 128 valence electrons. The first-order chi connectivity index (χ1) is 12.1. The van der Waals surface area contributed by atoms with Gasteiger partial charge in [-0.15, -0.1) is 22.7 Å². The Hall–Kier alpha value is -1.76. The molecule has 0 bridgehead atoms. The van der Waals surface area contributed by atoms with Crippen LogP contribution in [0.1, 0.15) is 40.5 Å². The van der Waals surface area contributed by atoms with E-state index in [-0.39, 0.29) is 11.4 Å². The maximum atomic E-state index is 12.7. The summed E-state index contributed by atoms with van der Waals surface area (Å²) < 4.78 is 0. The molecule has 0 atom stereocenters. The fraction of sp³-hybridized carbons (Fsp3) is 0.278. The molecule has 1 amide bonds. The van der Waals surface area contributed by atoms with E-state index < -0.39 is 0 Å². The number of halogens is 1. The van der Waals surface area contributed by atoms with E-state index in [0.717, 1.165) is 40.5 Å². The van der Waals surface area contributed by atoms with E-state index in [1.807, 2.05) is 36.6 Å².